The fraction of sp³-hybridized carbons (Fsp3) is 0.364. The third-order valence-corrected chi connectivity index (χ3v) is 4.94. The zero-order valence-corrected chi connectivity index (χ0v) is 16.1. The third-order valence-electron chi connectivity index (χ3n) is 4.94. The largest absolute Gasteiger partial charge is 0.454 e. The van der Waals surface area contributed by atoms with E-state index in [2.05, 4.69) is 0 Å². The van der Waals surface area contributed by atoms with Gasteiger partial charge in [-0.3, -0.25) is 9.59 Å². The Morgan fingerprint density at radius 2 is 1.74 bits per heavy atom. The van der Waals surface area contributed by atoms with Crippen molar-refractivity contribution < 1.29 is 19.1 Å². The highest BCUT2D eigenvalue weighted by atomic mass is 16.7. The molecule has 0 radical (unpaired) electrons. The maximum atomic E-state index is 12.6. The fourth-order valence-electron chi connectivity index (χ4n) is 3.07. The summed E-state index contributed by atoms with van der Waals surface area (Å²) in [4.78, 5) is 26.8. The zero-order valence-electron chi connectivity index (χ0n) is 16.1. The molecular formula is C22H25NO4. The number of nitrogens with zero attached hydrogens (tertiary/aromatic N) is 1. The lowest BCUT2D eigenvalue weighted by Gasteiger charge is -2.21. The molecule has 0 unspecified atom stereocenters. The minimum atomic E-state index is -0.0210. The highest BCUT2D eigenvalue weighted by molar-refractivity contribution is 5.98. The molecule has 1 aliphatic heterocycles. The molecule has 0 saturated carbocycles. The molecule has 2 aromatic rings. The fourth-order valence-corrected chi connectivity index (χ4v) is 3.07. The molecule has 5 heteroatoms. The van der Waals surface area contributed by atoms with Crippen molar-refractivity contribution in [2.24, 2.45) is 0 Å². The average molecular weight is 367 g/mol. The number of rotatable bonds is 7. The molecule has 2 aromatic carbocycles. The quantitative estimate of drug-likeness (QED) is 0.693. The van der Waals surface area contributed by atoms with Gasteiger partial charge < -0.3 is 14.4 Å². The number of Topliss-reactive ketones (excluding diaryl/α,β-unsaturated/α-hetero) is 1. The van der Waals surface area contributed by atoms with Crippen molar-refractivity contribution in [2.45, 2.75) is 40.2 Å². The first kappa shape index (κ1) is 19.0. The van der Waals surface area contributed by atoms with Crippen molar-refractivity contribution in [1.29, 1.82) is 0 Å². The summed E-state index contributed by atoms with van der Waals surface area (Å²) in [5, 5.41) is 0. The summed E-state index contributed by atoms with van der Waals surface area (Å²) in [6, 6.07) is 11.4. The summed E-state index contributed by atoms with van der Waals surface area (Å²) >= 11 is 0. The maximum absolute atomic E-state index is 12.6. The number of carbonyl (C=O) groups is 2. The zero-order chi connectivity index (χ0) is 19.4. The monoisotopic (exact) mass is 367 g/mol. The molecule has 0 fully saturated rings. The summed E-state index contributed by atoms with van der Waals surface area (Å²) in [6.45, 7) is 7.25. The van der Waals surface area contributed by atoms with Crippen molar-refractivity contribution >= 4 is 11.7 Å². The van der Waals surface area contributed by atoms with Gasteiger partial charge in [0.1, 0.15) is 0 Å². The van der Waals surface area contributed by atoms with E-state index in [4.69, 9.17) is 9.47 Å². The van der Waals surface area contributed by atoms with Crippen LogP contribution in [-0.4, -0.2) is 29.9 Å². The van der Waals surface area contributed by atoms with Crippen LogP contribution in [0, 0.1) is 13.8 Å². The molecule has 27 heavy (non-hydrogen) atoms. The lowest BCUT2D eigenvalue weighted by Crippen LogP contribution is -2.30. The van der Waals surface area contributed by atoms with Crippen LogP contribution >= 0.6 is 0 Å². The van der Waals surface area contributed by atoms with E-state index < -0.39 is 0 Å². The van der Waals surface area contributed by atoms with Crippen LogP contribution in [0.25, 0.3) is 0 Å². The minimum Gasteiger partial charge on any atom is -0.454 e. The van der Waals surface area contributed by atoms with Crippen LogP contribution in [0.15, 0.2) is 36.4 Å². The molecule has 0 aliphatic carbocycles. The molecule has 0 saturated heterocycles. The highest BCUT2D eigenvalue weighted by Gasteiger charge is 2.18. The number of fused-ring (bicyclic) bond motifs is 1. The van der Waals surface area contributed by atoms with Gasteiger partial charge in [-0.25, -0.2) is 0 Å². The maximum Gasteiger partial charge on any atom is 0.231 e. The summed E-state index contributed by atoms with van der Waals surface area (Å²) in [5.74, 6) is 1.42. The van der Waals surface area contributed by atoms with E-state index in [0.29, 0.717) is 24.4 Å². The van der Waals surface area contributed by atoms with Crippen molar-refractivity contribution in [2.75, 3.05) is 13.3 Å². The lowest BCUT2D eigenvalue weighted by atomic mass is 10.0. The Morgan fingerprint density at radius 1 is 0.963 bits per heavy atom. The first-order chi connectivity index (χ1) is 13.0. The Hall–Kier alpha value is -2.82. The van der Waals surface area contributed by atoms with Gasteiger partial charge >= 0.3 is 0 Å². The first-order valence-electron chi connectivity index (χ1n) is 9.24. The van der Waals surface area contributed by atoms with Crippen LogP contribution in [0.4, 0.5) is 0 Å². The topological polar surface area (TPSA) is 55.8 Å². The SMILES string of the molecule is CCN(Cc1ccc2c(c1)OCO2)C(=O)CCC(=O)c1ccc(C)c(C)c1. The lowest BCUT2D eigenvalue weighted by molar-refractivity contribution is -0.131. The van der Waals surface area contributed by atoms with Gasteiger partial charge in [0.2, 0.25) is 12.7 Å². The highest BCUT2D eigenvalue weighted by Crippen LogP contribution is 2.32. The van der Waals surface area contributed by atoms with E-state index >= 15 is 0 Å². The van der Waals surface area contributed by atoms with Crippen molar-refractivity contribution in [3.63, 3.8) is 0 Å². The summed E-state index contributed by atoms with van der Waals surface area (Å²) < 4.78 is 10.7. The second-order valence-corrected chi connectivity index (χ2v) is 6.82. The van der Waals surface area contributed by atoms with Crippen LogP contribution in [0.3, 0.4) is 0 Å². The molecule has 1 amide bonds. The molecular weight excluding hydrogens is 342 g/mol. The molecule has 142 valence electrons. The second kappa shape index (κ2) is 8.25. The molecule has 0 bridgehead atoms. The van der Waals surface area contributed by atoms with Gasteiger partial charge in [-0.2, -0.15) is 0 Å². The predicted molar refractivity (Wildman–Crippen MR) is 103 cm³/mol. The van der Waals surface area contributed by atoms with Crippen LogP contribution in [0.1, 0.15) is 46.8 Å². The Morgan fingerprint density at radius 3 is 2.48 bits per heavy atom. The number of hydrogen-bond acceptors (Lipinski definition) is 4. The molecule has 5 nitrogen and oxygen atoms in total. The number of carbonyl (C=O) groups excluding carboxylic acids is 2. The van der Waals surface area contributed by atoms with Crippen molar-refractivity contribution in [3.05, 3.63) is 58.7 Å². The molecule has 0 atom stereocenters. The number of amides is 1. The number of ketones is 1. The van der Waals surface area contributed by atoms with E-state index in [0.717, 1.165) is 22.4 Å². The molecule has 1 heterocycles. The summed E-state index contributed by atoms with van der Waals surface area (Å²) in [6.07, 6.45) is 0.434. The third kappa shape index (κ3) is 4.48. The number of benzene rings is 2. The molecule has 0 aromatic heterocycles. The first-order valence-corrected chi connectivity index (χ1v) is 9.24. The van der Waals surface area contributed by atoms with Crippen LogP contribution < -0.4 is 9.47 Å². The smallest absolute Gasteiger partial charge is 0.231 e. The van der Waals surface area contributed by atoms with Crippen LogP contribution in [-0.2, 0) is 11.3 Å². The van der Waals surface area contributed by atoms with E-state index in [-0.39, 0.29) is 31.3 Å². The molecule has 3 rings (SSSR count). The van der Waals surface area contributed by atoms with E-state index in [1.165, 1.54) is 0 Å². The Balaban J connectivity index is 1.58. The summed E-state index contributed by atoms with van der Waals surface area (Å²) in [7, 11) is 0. The number of hydrogen-bond donors (Lipinski definition) is 0. The van der Waals surface area contributed by atoms with Gasteiger partial charge in [0.05, 0.1) is 0 Å². The molecule has 0 N–H and O–H groups in total. The van der Waals surface area contributed by atoms with Crippen LogP contribution in [0.5, 0.6) is 11.5 Å². The van der Waals surface area contributed by atoms with E-state index in [9.17, 15) is 9.59 Å². The van der Waals surface area contributed by atoms with Gasteiger partial charge in [0.15, 0.2) is 17.3 Å². The minimum absolute atomic E-state index is 0.00517. The van der Waals surface area contributed by atoms with Crippen molar-refractivity contribution in [1.82, 2.24) is 4.90 Å². The summed E-state index contributed by atoms with van der Waals surface area (Å²) in [5.41, 5.74) is 3.90. The van der Waals surface area contributed by atoms with Gasteiger partial charge in [-0.15, -0.1) is 0 Å². The number of aryl methyl sites for hydroxylation is 2. The predicted octanol–water partition coefficient (Wildman–Crippen LogP) is 4.04. The Labute approximate surface area is 159 Å². The van der Waals surface area contributed by atoms with Crippen molar-refractivity contribution in [3.8, 4) is 11.5 Å². The van der Waals surface area contributed by atoms with E-state index in [1.54, 1.807) is 4.90 Å². The van der Waals surface area contributed by atoms with Gasteiger partial charge in [-0.1, -0.05) is 18.2 Å². The Kier molecular flexibility index (Phi) is 5.79. The molecule has 1 aliphatic rings. The average Bonchev–Trinajstić information content (AvgIpc) is 3.13. The Bertz CT molecular complexity index is 859. The second-order valence-electron chi connectivity index (χ2n) is 6.82. The van der Waals surface area contributed by atoms with E-state index in [1.807, 2.05) is 57.2 Å². The standard InChI is InChI=1S/C22H25NO4/c1-4-23(13-17-6-9-20-21(12-17)27-14-26-20)22(25)10-8-19(24)18-7-5-15(2)16(3)11-18/h5-7,9,11-12H,4,8,10,13-14H2,1-3H3. The van der Waals surface area contributed by atoms with Gasteiger partial charge in [-0.05, 0) is 55.7 Å². The normalized spacial score (nSPS) is 12.1. The van der Waals surface area contributed by atoms with Gasteiger partial charge in [0, 0.05) is 31.5 Å². The molecule has 0 spiro atoms. The van der Waals surface area contributed by atoms with Gasteiger partial charge in [0.25, 0.3) is 0 Å². The van der Waals surface area contributed by atoms with Crippen LogP contribution in [0.2, 0.25) is 0 Å². The number of ether oxygens (including phenoxy) is 2.